The summed E-state index contributed by atoms with van der Waals surface area (Å²) >= 11 is 5.17. The van der Waals surface area contributed by atoms with E-state index < -0.39 is 0 Å². The lowest BCUT2D eigenvalue weighted by atomic mass is 9.84. The Bertz CT molecular complexity index is 1120. The third-order valence-electron chi connectivity index (χ3n) is 4.53. The van der Waals surface area contributed by atoms with Crippen LogP contribution in [-0.2, 0) is 5.75 Å². The minimum atomic E-state index is 0.258. The Balaban J connectivity index is 2.15. The highest BCUT2D eigenvalue weighted by Crippen LogP contribution is 2.49. The van der Waals surface area contributed by atoms with E-state index in [0.29, 0.717) is 16.9 Å². The lowest BCUT2D eigenvalue weighted by Gasteiger charge is -2.25. The molecular formula is C21H12BrN3S. The molecule has 0 bridgehead atoms. The van der Waals surface area contributed by atoms with Crippen LogP contribution < -0.4 is 5.73 Å². The summed E-state index contributed by atoms with van der Waals surface area (Å²) in [5.74, 6) is 0.696. The molecule has 0 saturated heterocycles. The number of nitriles is 2. The van der Waals surface area contributed by atoms with E-state index in [-0.39, 0.29) is 5.69 Å². The molecule has 0 aromatic heterocycles. The van der Waals surface area contributed by atoms with Gasteiger partial charge in [0.25, 0.3) is 0 Å². The van der Waals surface area contributed by atoms with Gasteiger partial charge in [0.2, 0.25) is 0 Å². The predicted molar refractivity (Wildman–Crippen MR) is 108 cm³/mol. The zero-order chi connectivity index (χ0) is 18.3. The first-order valence-corrected chi connectivity index (χ1v) is 9.70. The fourth-order valence-electron chi connectivity index (χ4n) is 3.38. The maximum atomic E-state index is 9.78. The van der Waals surface area contributed by atoms with Crippen LogP contribution in [0.5, 0.6) is 0 Å². The quantitative estimate of drug-likeness (QED) is 0.514. The first-order valence-electron chi connectivity index (χ1n) is 7.92. The number of halogens is 1. The number of hydrogen-bond acceptors (Lipinski definition) is 4. The van der Waals surface area contributed by atoms with Gasteiger partial charge in [0, 0.05) is 26.2 Å². The highest BCUT2D eigenvalue weighted by atomic mass is 79.9. The van der Waals surface area contributed by atoms with Crippen molar-refractivity contribution in [2.75, 3.05) is 5.73 Å². The van der Waals surface area contributed by atoms with Gasteiger partial charge in [-0.3, -0.25) is 0 Å². The van der Waals surface area contributed by atoms with Crippen molar-refractivity contribution in [3.05, 3.63) is 69.7 Å². The molecule has 2 N–H and O–H groups in total. The molecule has 0 amide bonds. The van der Waals surface area contributed by atoms with E-state index in [9.17, 15) is 10.5 Å². The normalized spacial score (nSPS) is 11.8. The zero-order valence-corrected chi connectivity index (χ0v) is 16.0. The van der Waals surface area contributed by atoms with Crippen molar-refractivity contribution in [2.45, 2.75) is 10.6 Å². The van der Waals surface area contributed by atoms with Crippen LogP contribution in [0.2, 0.25) is 0 Å². The predicted octanol–water partition coefficient (Wildman–Crippen LogP) is 5.71. The van der Waals surface area contributed by atoms with Crippen LogP contribution in [0, 0.1) is 22.7 Å². The van der Waals surface area contributed by atoms with Crippen molar-refractivity contribution < 1.29 is 0 Å². The second-order valence-electron chi connectivity index (χ2n) is 5.91. The van der Waals surface area contributed by atoms with E-state index in [1.54, 1.807) is 11.8 Å². The second-order valence-corrected chi connectivity index (χ2v) is 7.84. The van der Waals surface area contributed by atoms with E-state index >= 15 is 0 Å². The molecule has 4 rings (SSSR count). The fraction of sp³-hybridized carbons (Fsp3) is 0.0476. The van der Waals surface area contributed by atoms with Crippen molar-refractivity contribution in [1.29, 1.82) is 10.5 Å². The molecule has 5 heteroatoms. The smallest absolute Gasteiger partial charge is 0.102 e. The first-order chi connectivity index (χ1) is 12.7. The van der Waals surface area contributed by atoms with Gasteiger partial charge in [-0.25, -0.2) is 0 Å². The Kier molecular flexibility index (Phi) is 4.20. The summed E-state index contributed by atoms with van der Waals surface area (Å²) in [5, 5.41) is 19.5. The monoisotopic (exact) mass is 417 g/mol. The van der Waals surface area contributed by atoms with Crippen molar-refractivity contribution in [1.82, 2.24) is 0 Å². The summed E-state index contributed by atoms with van der Waals surface area (Å²) in [6.07, 6.45) is 0. The number of thioether (sulfide) groups is 1. The SMILES string of the molecule is N#Cc1c(N)c(C#N)c2c(c1-c1ccc(Br)cc1)CSc1ccccc1-2. The van der Waals surface area contributed by atoms with Gasteiger partial charge in [0.15, 0.2) is 0 Å². The van der Waals surface area contributed by atoms with Gasteiger partial charge in [-0.1, -0.05) is 46.3 Å². The van der Waals surface area contributed by atoms with Gasteiger partial charge in [-0.15, -0.1) is 11.8 Å². The lowest BCUT2D eigenvalue weighted by Crippen LogP contribution is -2.08. The van der Waals surface area contributed by atoms with Gasteiger partial charge in [-0.05, 0) is 34.9 Å². The largest absolute Gasteiger partial charge is 0.397 e. The number of benzene rings is 3. The van der Waals surface area contributed by atoms with Gasteiger partial charge in [0.1, 0.15) is 12.1 Å². The molecule has 0 aliphatic carbocycles. The van der Waals surface area contributed by atoms with E-state index in [1.807, 2.05) is 42.5 Å². The topological polar surface area (TPSA) is 73.6 Å². The highest BCUT2D eigenvalue weighted by molar-refractivity contribution is 9.10. The van der Waals surface area contributed by atoms with Crippen molar-refractivity contribution >= 4 is 33.4 Å². The van der Waals surface area contributed by atoms with Crippen LogP contribution >= 0.6 is 27.7 Å². The van der Waals surface area contributed by atoms with Crippen molar-refractivity contribution in [2.24, 2.45) is 0 Å². The number of nitrogens with two attached hydrogens (primary N) is 1. The number of nitrogens with zero attached hydrogens (tertiary/aromatic N) is 2. The third kappa shape index (κ3) is 2.49. The van der Waals surface area contributed by atoms with E-state index in [4.69, 9.17) is 5.73 Å². The molecule has 1 aliphatic heterocycles. The number of hydrogen-bond donors (Lipinski definition) is 1. The first kappa shape index (κ1) is 16.7. The standard InChI is InChI=1S/C21H12BrN3S/c22-13-7-5-12(6-8-13)19-15(9-23)21(25)16(10-24)20-14-3-1-2-4-18(14)26-11-17(19)20/h1-8H,11,25H2. The van der Waals surface area contributed by atoms with Crippen molar-refractivity contribution in [3.8, 4) is 34.4 Å². The van der Waals surface area contributed by atoms with Gasteiger partial charge >= 0.3 is 0 Å². The number of fused-ring (bicyclic) bond motifs is 3. The highest BCUT2D eigenvalue weighted by Gasteiger charge is 2.28. The van der Waals surface area contributed by atoms with Gasteiger partial charge in [0.05, 0.1) is 16.8 Å². The Hall–Kier alpha value is -2.73. The number of anilines is 1. The maximum Gasteiger partial charge on any atom is 0.102 e. The fourth-order valence-corrected chi connectivity index (χ4v) is 4.73. The summed E-state index contributed by atoms with van der Waals surface area (Å²) in [4.78, 5) is 1.13. The van der Waals surface area contributed by atoms with E-state index in [0.717, 1.165) is 37.2 Å². The second kappa shape index (κ2) is 6.53. The molecule has 3 aromatic carbocycles. The molecule has 0 saturated carbocycles. The molecule has 3 aromatic rings. The Morgan fingerprint density at radius 1 is 0.923 bits per heavy atom. The molecule has 26 heavy (non-hydrogen) atoms. The van der Waals surface area contributed by atoms with Crippen molar-refractivity contribution in [3.63, 3.8) is 0 Å². The van der Waals surface area contributed by atoms with E-state index in [2.05, 4.69) is 34.1 Å². The molecule has 1 heterocycles. The summed E-state index contributed by atoms with van der Waals surface area (Å²) < 4.78 is 0.968. The zero-order valence-electron chi connectivity index (χ0n) is 13.6. The summed E-state index contributed by atoms with van der Waals surface area (Å²) in [7, 11) is 0. The minimum absolute atomic E-state index is 0.258. The number of nitrogen functional groups attached to an aromatic ring is 1. The molecule has 0 unspecified atom stereocenters. The molecule has 3 nitrogen and oxygen atoms in total. The van der Waals surface area contributed by atoms with Crippen LogP contribution in [0.25, 0.3) is 22.3 Å². The maximum absolute atomic E-state index is 9.78. The van der Waals surface area contributed by atoms with Gasteiger partial charge < -0.3 is 5.73 Å². The average molecular weight is 418 g/mol. The number of rotatable bonds is 1. The van der Waals surface area contributed by atoms with Crippen LogP contribution in [0.3, 0.4) is 0 Å². The molecule has 1 aliphatic rings. The Morgan fingerprint density at radius 2 is 1.58 bits per heavy atom. The van der Waals surface area contributed by atoms with Gasteiger partial charge in [-0.2, -0.15) is 10.5 Å². The van der Waals surface area contributed by atoms with E-state index in [1.165, 1.54) is 0 Å². The molecule has 0 spiro atoms. The Labute approximate surface area is 164 Å². The molecule has 124 valence electrons. The van der Waals surface area contributed by atoms with Crippen LogP contribution in [0.4, 0.5) is 5.69 Å². The third-order valence-corrected chi connectivity index (χ3v) is 6.16. The summed E-state index contributed by atoms with van der Waals surface area (Å²) in [6, 6.07) is 20.3. The molecular weight excluding hydrogens is 406 g/mol. The minimum Gasteiger partial charge on any atom is -0.397 e. The summed E-state index contributed by atoms with van der Waals surface area (Å²) in [6.45, 7) is 0. The Morgan fingerprint density at radius 3 is 2.27 bits per heavy atom. The average Bonchev–Trinajstić information content (AvgIpc) is 2.67. The summed E-state index contributed by atoms with van der Waals surface area (Å²) in [5.41, 5.74) is 11.9. The molecule has 0 atom stereocenters. The van der Waals surface area contributed by atoms with Crippen LogP contribution in [-0.4, -0.2) is 0 Å². The van der Waals surface area contributed by atoms with Crippen LogP contribution in [0.1, 0.15) is 16.7 Å². The molecule has 0 radical (unpaired) electrons. The lowest BCUT2D eigenvalue weighted by molar-refractivity contribution is 1.29. The van der Waals surface area contributed by atoms with Crippen LogP contribution in [0.15, 0.2) is 57.9 Å². The molecule has 0 fully saturated rings.